The summed E-state index contributed by atoms with van der Waals surface area (Å²) in [4.78, 5) is 0. The molecule has 0 radical (unpaired) electrons. The van der Waals surface area contributed by atoms with Crippen LogP contribution in [0, 0.1) is 0 Å². The van der Waals surface area contributed by atoms with Gasteiger partial charge in [0.15, 0.2) is 0 Å². The van der Waals surface area contributed by atoms with E-state index >= 15 is 0 Å². The maximum absolute atomic E-state index is 14.1. The molecule has 0 atom stereocenters. The third-order valence-electron chi connectivity index (χ3n) is 7.42. The van der Waals surface area contributed by atoms with E-state index in [1.54, 1.807) is 0 Å². The second-order valence-corrected chi connectivity index (χ2v) is 11.3. The first-order valence-corrected chi connectivity index (χ1v) is 13.3. The Balaban J connectivity index is 6.75. The Hall–Kier alpha value is -2.84. The third kappa shape index (κ3) is 7.58. The fourth-order valence-electron chi connectivity index (χ4n) is 3.81. The molecule has 0 saturated carbocycles. The fourth-order valence-corrected chi connectivity index (χ4v) is 3.81. The van der Waals surface area contributed by atoms with Crippen LogP contribution in [0.4, 0.5) is 149 Å². The van der Waals surface area contributed by atoms with E-state index in [4.69, 9.17) is 0 Å². The van der Waals surface area contributed by atoms with Crippen LogP contribution < -0.4 is 0 Å². The molecule has 0 aromatic heterocycles. The molecule has 0 spiro atoms. The topological polar surface area (TPSA) is 9.23 Å². The number of hydrogen-bond acceptors (Lipinski definition) is 1. The lowest BCUT2D eigenvalue weighted by Crippen LogP contribution is -2.74. The predicted molar refractivity (Wildman–Crippen MR) is 115 cm³/mol. The minimum Gasteiger partial charge on any atom is -0.499 e. The van der Waals surface area contributed by atoms with E-state index in [2.05, 4.69) is 11.3 Å². The molecule has 0 fully saturated rings. The summed E-state index contributed by atoms with van der Waals surface area (Å²) in [6.07, 6.45) is -32.6. The lowest BCUT2D eigenvalue weighted by molar-refractivity contribution is -0.462. The zero-order valence-corrected chi connectivity index (χ0v) is 25.9. The van der Waals surface area contributed by atoms with Crippen LogP contribution >= 0.6 is 0 Å². The number of alkyl halides is 34. The van der Waals surface area contributed by atoms with E-state index < -0.39 is 127 Å². The smallest absolute Gasteiger partial charge is 0.460 e. The van der Waals surface area contributed by atoms with Gasteiger partial charge >= 0.3 is 95.3 Å². The minimum absolute atomic E-state index is 0.379. The van der Waals surface area contributed by atoms with Gasteiger partial charge in [-0.25, -0.2) is 0 Å². The van der Waals surface area contributed by atoms with Crippen molar-refractivity contribution in [1.82, 2.24) is 0 Å². The molecule has 0 unspecified atom stereocenters. The Labute approximate surface area is 295 Å². The summed E-state index contributed by atoms with van der Waals surface area (Å²) in [5.74, 6) is -121. The van der Waals surface area contributed by atoms with Crippen LogP contribution in [0.2, 0.25) is 0 Å². The van der Waals surface area contributed by atoms with Crippen LogP contribution in [0.1, 0.15) is 25.7 Å². The van der Waals surface area contributed by atoms with Gasteiger partial charge in [-0.2, -0.15) is 149 Å². The van der Waals surface area contributed by atoms with Gasteiger partial charge in [-0.05, 0) is 12.8 Å². The number of ether oxygens (including phenoxy) is 1. The summed E-state index contributed by atoms with van der Waals surface area (Å²) in [5, 5.41) is 0. The van der Waals surface area contributed by atoms with Gasteiger partial charge in [-0.3, -0.25) is 0 Å². The zero-order chi connectivity index (χ0) is 47.8. The molecule has 0 aromatic carbocycles. The maximum atomic E-state index is 14.1. The van der Waals surface area contributed by atoms with Crippen molar-refractivity contribution < 1.29 is 154 Å². The van der Waals surface area contributed by atoms with Crippen molar-refractivity contribution in [3.8, 4) is 0 Å². The van der Waals surface area contributed by atoms with Gasteiger partial charge in [0.1, 0.15) is 0 Å². The van der Waals surface area contributed by atoms with Crippen LogP contribution in [-0.4, -0.2) is 101 Å². The molecule has 348 valence electrons. The summed E-state index contributed by atoms with van der Waals surface area (Å²) in [7, 11) is 0. The van der Waals surface area contributed by atoms with Gasteiger partial charge in [-0.15, -0.1) is 0 Å². The molecule has 0 aromatic rings. The van der Waals surface area contributed by atoms with Gasteiger partial charge in [0.2, 0.25) is 0 Å². The van der Waals surface area contributed by atoms with Gasteiger partial charge in [0, 0.05) is 12.8 Å². The van der Waals surface area contributed by atoms with Crippen LogP contribution in [0.25, 0.3) is 0 Å². The second-order valence-electron chi connectivity index (χ2n) is 11.3. The summed E-state index contributed by atoms with van der Waals surface area (Å²) in [6, 6.07) is 0. The van der Waals surface area contributed by atoms with Crippen LogP contribution in [0.15, 0.2) is 12.8 Å². The van der Waals surface area contributed by atoms with Gasteiger partial charge < -0.3 is 4.74 Å². The van der Waals surface area contributed by atoms with Crippen molar-refractivity contribution >= 4 is 0 Å². The van der Waals surface area contributed by atoms with E-state index in [9.17, 15) is 149 Å². The molecular weight excluding hydrogens is 938 g/mol. The number of rotatable bonds is 20. The molecule has 0 aliphatic heterocycles. The van der Waals surface area contributed by atoms with Crippen molar-refractivity contribution in [2.24, 2.45) is 0 Å². The van der Waals surface area contributed by atoms with Crippen LogP contribution in [-0.2, 0) is 4.74 Å². The van der Waals surface area contributed by atoms with Crippen LogP contribution in [0.3, 0.4) is 0 Å². The van der Waals surface area contributed by atoms with E-state index in [-0.39, 0.29) is 6.26 Å². The fraction of sp³-hybridized carbons (Fsp3) is 0.913. The maximum Gasteiger partial charge on any atom is 0.460 e. The number of halogens is 34. The van der Waals surface area contributed by atoms with Crippen molar-refractivity contribution in [3.63, 3.8) is 0 Å². The standard InChI is InChI=1S/C23H12F34O/c1-2-58-7(3-5-8(24,25)10(28,29)12(32,33)14(36,37)16(40,41)18(44,45)20(48,49)22(52,53)54)4-6-9(26,27)11(30,31)13(34,35)15(38,39)17(42,43)19(46,47)21(50,51)23(55,56)57/h2,7H,1,3-6H2. The highest BCUT2D eigenvalue weighted by molar-refractivity contribution is 5.16. The highest BCUT2D eigenvalue weighted by Gasteiger charge is 2.97. The first-order chi connectivity index (χ1) is 24.6. The van der Waals surface area contributed by atoms with E-state index in [1.165, 1.54) is 0 Å². The van der Waals surface area contributed by atoms with Crippen molar-refractivity contribution in [2.75, 3.05) is 0 Å². The SMILES string of the molecule is C=COC(CCC(F)(F)C(F)(F)C(F)(F)C(F)(F)C(F)(F)C(F)(F)C(F)(F)C(F)(F)F)CCC(F)(F)C(F)(F)C(F)(F)C(F)(F)C(F)(F)C(F)(F)C(F)(F)C(F)(F)F. The van der Waals surface area contributed by atoms with Crippen molar-refractivity contribution in [1.29, 1.82) is 0 Å². The zero-order valence-electron chi connectivity index (χ0n) is 25.9. The summed E-state index contributed by atoms with van der Waals surface area (Å²) in [6.45, 7) is 2.38. The Morgan fingerprint density at radius 1 is 0.293 bits per heavy atom. The molecule has 0 bridgehead atoms. The normalized spacial score (nSPS) is 16.6. The van der Waals surface area contributed by atoms with Gasteiger partial charge in [-0.1, -0.05) is 6.58 Å². The summed E-state index contributed by atoms with van der Waals surface area (Å²) >= 11 is 0. The van der Waals surface area contributed by atoms with E-state index in [0.717, 1.165) is 0 Å². The largest absolute Gasteiger partial charge is 0.499 e. The quantitative estimate of drug-likeness (QED) is 0.0873. The molecular formula is C23H12F34O. The molecule has 0 heterocycles. The molecule has 0 aliphatic rings. The average Bonchev–Trinajstić information content (AvgIpc) is 2.99. The lowest BCUT2D eigenvalue weighted by atomic mass is 9.86. The molecule has 0 amide bonds. The first kappa shape index (κ1) is 55.2. The molecule has 0 rings (SSSR count). The number of hydrogen-bond donors (Lipinski definition) is 0. The van der Waals surface area contributed by atoms with Crippen LogP contribution in [0.5, 0.6) is 0 Å². The minimum atomic E-state index is -9.12. The Morgan fingerprint density at radius 3 is 0.638 bits per heavy atom. The molecule has 0 saturated heterocycles. The predicted octanol–water partition coefficient (Wildman–Crippen LogP) is 13.1. The summed E-state index contributed by atoms with van der Waals surface area (Å²) < 4.78 is 459. The third-order valence-corrected chi connectivity index (χ3v) is 7.42. The van der Waals surface area contributed by atoms with E-state index in [1.807, 2.05) is 0 Å². The molecule has 58 heavy (non-hydrogen) atoms. The first-order valence-electron chi connectivity index (χ1n) is 13.3. The molecule has 35 heteroatoms. The second kappa shape index (κ2) is 14.7. The lowest BCUT2D eigenvalue weighted by Gasteiger charge is -2.43. The Kier molecular flexibility index (Phi) is 13.9. The van der Waals surface area contributed by atoms with Gasteiger partial charge in [0.05, 0.1) is 12.4 Å². The monoisotopic (exact) mass is 950 g/mol. The highest BCUT2D eigenvalue weighted by atomic mass is 19.4. The van der Waals surface area contributed by atoms with E-state index in [0.29, 0.717) is 0 Å². The average molecular weight is 950 g/mol. The Morgan fingerprint density at radius 2 is 0.466 bits per heavy atom. The van der Waals surface area contributed by atoms with Gasteiger partial charge in [0.25, 0.3) is 0 Å². The Bertz CT molecular complexity index is 1330. The molecule has 0 aliphatic carbocycles. The molecule has 1 nitrogen and oxygen atoms in total. The highest BCUT2D eigenvalue weighted by Crippen LogP contribution is 2.66. The van der Waals surface area contributed by atoms with Crippen molar-refractivity contribution in [3.05, 3.63) is 12.8 Å². The van der Waals surface area contributed by atoms with Crippen molar-refractivity contribution in [2.45, 2.75) is 127 Å². The molecule has 0 N–H and O–H groups in total. The summed E-state index contributed by atoms with van der Waals surface area (Å²) in [5.41, 5.74) is 0.